The van der Waals surface area contributed by atoms with Crippen LogP contribution in [0.5, 0.6) is 0 Å². The Morgan fingerprint density at radius 3 is 2.80 bits per heavy atom. The van der Waals surface area contributed by atoms with Crippen LogP contribution in [-0.4, -0.2) is 22.0 Å². The Kier molecular flexibility index (Phi) is 3.84. The van der Waals surface area contributed by atoms with Gasteiger partial charge in [0.2, 0.25) is 0 Å². The number of carboxylic acids is 1. The van der Waals surface area contributed by atoms with Gasteiger partial charge in [0.25, 0.3) is 0 Å². The lowest BCUT2D eigenvalue weighted by Gasteiger charge is -2.17. The van der Waals surface area contributed by atoms with Crippen LogP contribution in [0.1, 0.15) is 24.8 Å². The molecule has 0 aliphatic heterocycles. The summed E-state index contributed by atoms with van der Waals surface area (Å²) in [6.07, 6.45) is 1.73. The van der Waals surface area contributed by atoms with Crippen molar-refractivity contribution in [2.45, 2.75) is 25.3 Å². The first-order valence-electron chi connectivity index (χ1n) is 6.18. The molecule has 0 radical (unpaired) electrons. The Morgan fingerprint density at radius 1 is 1.60 bits per heavy atom. The van der Waals surface area contributed by atoms with Crippen molar-refractivity contribution < 1.29 is 14.8 Å². The lowest BCUT2D eigenvalue weighted by atomic mass is 10.1. The lowest BCUT2D eigenvalue weighted by molar-refractivity contribution is -0.384. The molecule has 1 aliphatic rings. The lowest BCUT2D eigenvalue weighted by Crippen LogP contribution is -2.25. The number of aliphatic carboxylic acids is 1. The highest BCUT2D eigenvalue weighted by atomic mass is 16.6. The molecule has 104 valence electrons. The first-order valence-corrected chi connectivity index (χ1v) is 6.18. The topological polar surface area (TPSA) is 116 Å². The maximum absolute atomic E-state index is 11.1. The molecule has 2 N–H and O–H groups in total. The third kappa shape index (κ3) is 3.03. The van der Waals surface area contributed by atoms with Gasteiger partial charge in [-0.3, -0.25) is 14.9 Å². The van der Waals surface area contributed by atoms with Crippen molar-refractivity contribution in [1.29, 1.82) is 5.26 Å². The van der Waals surface area contributed by atoms with Gasteiger partial charge >= 0.3 is 11.7 Å². The van der Waals surface area contributed by atoms with Crippen molar-refractivity contribution in [2.75, 3.05) is 5.32 Å². The molecule has 0 bridgehead atoms. The van der Waals surface area contributed by atoms with Crippen molar-refractivity contribution >= 4 is 17.3 Å². The van der Waals surface area contributed by atoms with Crippen molar-refractivity contribution in [3.05, 3.63) is 33.9 Å². The number of hydrogen-bond acceptors (Lipinski definition) is 5. The second-order valence-electron chi connectivity index (χ2n) is 4.76. The van der Waals surface area contributed by atoms with Crippen LogP contribution in [-0.2, 0) is 4.79 Å². The maximum Gasteiger partial charge on any atom is 0.309 e. The van der Waals surface area contributed by atoms with E-state index in [1.807, 2.05) is 0 Å². The summed E-state index contributed by atoms with van der Waals surface area (Å²) in [6, 6.07) is 5.84. The van der Waals surface area contributed by atoms with Gasteiger partial charge in [-0.1, -0.05) is 6.07 Å². The molecule has 2 rings (SSSR count). The zero-order valence-corrected chi connectivity index (χ0v) is 10.6. The number of nitriles is 1. The monoisotopic (exact) mass is 275 g/mol. The number of benzene rings is 1. The number of carboxylic acid groups (broad SMARTS) is 1. The number of anilines is 1. The van der Waals surface area contributed by atoms with E-state index in [0.717, 1.165) is 12.8 Å². The van der Waals surface area contributed by atoms with Crippen molar-refractivity contribution in [1.82, 2.24) is 0 Å². The molecule has 1 unspecified atom stereocenters. The van der Waals surface area contributed by atoms with Gasteiger partial charge in [-0.2, -0.15) is 5.26 Å². The van der Waals surface area contributed by atoms with E-state index in [2.05, 4.69) is 5.32 Å². The van der Waals surface area contributed by atoms with E-state index in [-0.39, 0.29) is 35.3 Å². The smallest absolute Gasteiger partial charge is 0.309 e. The number of hydrogen-bond donors (Lipinski definition) is 2. The summed E-state index contributed by atoms with van der Waals surface area (Å²) in [5, 5.41) is 31.8. The van der Waals surface area contributed by atoms with E-state index in [1.165, 1.54) is 12.1 Å². The number of nitrogens with one attached hydrogen (secondary N) is 1. The van der Waals surface area contributed by atoms with Crippen LogP contribution < -0.4 is 5.32 Å². The number of nitro benzene ring substituents is 1. The highest BCUT2D eigenvalue weighted by Gasteiger charge is 2.34. The van der Waals surface area contributed by atoms with Crippen molar-refractivity contribution in [3.63, 3.8) is 0 Å². The van der Waals surface area contributed by atoms with Crippen molar-refractivity contribution in [2.24, 2.45) is 5.92 Å². The molecule has 0 spiro atoms. The Balaban J connectivity index is 2.30. The fourth-order valence-electron chi connectivity index (χ4n) is 2.17. The van der Waals surface area contributed by atoms with Crippen LogP contribution in [0.4, 0.5) is 11.4 Å². The molecule has 20 heavy (non-hydrogen) atoms. The van der Waals surface area contributed by atoms with Crippen LogP contribution in [0.3, 0.4) is 0 Å². The first-order chi connectivity index (χ1) is 9.52. The van der Waals surface area contributed by atoms with E-state index in [0.29, 0.717) is 0 Å². The molecule has 0 amide bonds. The van der Waals surface area contributed by atoms with Gasteiger partial charge in [0.15, 0.2) is 0 Å². The molecular weight excluding hydrogens is 262 g/mol. The standard InChI is InChI=1S/C13H13N3O4/c14-7-9-2-1-3-10(13(9)16(19)20)15-11(6-12(17)18)8-4-5-8/h1-3,8,11,15H,4-6H2,(H,17,18). The zero-order valence-electron chi connectivity index (χ0n) is 10.6. The molecule has 1 fully saturated rings. The second kappa shape index (κ2) is 5.57. The minimum absolute atomic E-state index is 0.0372. The number of para-hydroxylation sites is 1. The number of carbonyl (C=O) groups is 1. The van der Waals surface area contributed by atoms with Gasteiger partial charge in [-0.05, 0) is 30.9 Å². The summed E-state index contributed by atoms with van der Waals surface area (Å²) >= 11 is 0. The predicted molar refractivity (Wildman–Crippen MR) is 70.2 cm³/mol. The molecule has 0 heterocycles. The van der Waals surface area contributed by atoms with E-state index in [4.69, 9.17) is 10.4 Å². The summed E-state index contributed by atoms with van der Waals surface area (Å²) in [6.45, 7) is 0. The Hall–Kier alpha value is -2.62. The van der Waals surface area contributed by atoms with Crippen LogP contribution in [0.15, 0.2) is 18.2 Å². The SMILES string of the molecule is N#Cc1cccc(NC(CC(=O)O)C2CC2)c1[N+](=O)[O-]. The maximum atomic E-state index is 11.1. The van der Waals surface area contributed by atoms with Gasteiger partial charge in [-0.15, -0.1) is 0 Å². The molecule has 7 heteroatoms. The summed E-state index contributed by atoms with van der Waals surface area (Å²) < 4.78 is 0. The van der Waals surface area contributed by atoms with E-state index >= 15 is 0 Å². The molecule has 0 aromatic heterocycles. The largest absolute Gasteiger partial charge is 0.481 e. The number of nitro groups is 1. The fraction of sp³-hybridized carbons (Fsp3) is 0.385. The van der Waals surface area contributed by atoms with Crippen molar-refractivity contribution in [3.8, 4) is 6.07 Å². The van der Waals surface area contributed by atoms with Gasteiger partial charge in [0.05, 0.1) is 11.3 Å². The Labute approximate surface area is 115 Å². The molecule has 1 aromatic rings. The van der Waals surface area contributed by atoms with Gasteiger partial charge in [-0.25, -0.2) is 0 Å². The first kappa shape index (κ1) is 13.8. The molecule has 7 nitrogen and oxygen atoms in total. The van der Waals surface area contributed by atoms with E-state index < -0.39 is 10.9 Å². The molecule has 1 atom stereocenters. The van der Waals surface area contributed by atoms with Crippen LogP contribution in [0.25, 0.3) is 0 Å². The van der Waals surface area contributed by atoms with Gasteiger partial charge in [0, 0.05) is 6.04 Å². The number of rotatable bonds is 6. The Bertz CT molecular complexity index is 590. The highest BCUT2D eigenvalue weighted by molar-refractivity contribution is 5.71. The minimum Gasteiger partial charge on any atom is -0.481 e. The fourth-order valence-corrected chi connectivity index (χ4v) is 2.17. The predicted octanol–water partition coefficient (Wildman–Crippen LogP) is 2.13. The normalized spacial score (nSPS) is 15.2. The zero-order chi connectivity index (χ0) is 14.7. The van der Waals surface area contributed by atoms with E-state index in [9.17, 15) is 14.9 Å². The third-order valence-electron chi connectivity index (χ3n) is 3.27. The summed E-state index contributed by atoms with van der Waals surface area (Å²) in [5.74, 6) is -0.732. The van der Waals surface area contributed by atoms with Gasteiger partial charge < -0.3 is 10.4 Å². The van der Waals surface area contributed by atoms with Crippen LogP contribution in [0.2, 0.25) is 0 Å². The molecular formula is C13H13N3O4. The minimum atomic E-state index is -0.950. The van der Waals surface area contributed by atoms with Gasteiger partial charge in [0.1, 0.15) is 17.3 Å². The van der Waals surface area contributed by atoms with E-state index in [1.54, 1.807) is 12.1 Å². The summed E-state index contributed by atoms with van der Waals surface area (Å²) in [5.41, 5.74) is -0.136. The van der Waals surface area contributed by atoms with Crippen LogP contribution in [0, 0.1) is 27.4 Å². The molecule has 1 saturated carbocycles. The Morgan fingerprint density at radius 2 is 2.30 bits per heavy atom. The third-order valence-corrected chi connectivity index (χ3v) is 3.27. The highest BCUT2D eigenvalue weighted by Crippen LogP contribution is 2.37. The average Bonchev–Trinajstić information content (AvgIpc) is 3.21. The summed E-state index contributed by atoms with van der Waals surface area (Å²) in [4.78, 5) is 21.3. The quantitative estimate of drug-likeness (QED) is 0.606. The second-order valence-corrected chi connectivity index (χ2v) is 4.76. The number of nitrogens with zero attached hydrogens (tertiary/aromatic N) is 2. The summed E-state index contributed by atoms with van der Waals surface area (Å²) in [7, 11) is 0. The average molecular weight is 275 g/mol. The molecule has 1 aliphatic carbocycles. The molecule has 0 saturated heterocycles. The van der Waals surface area contributed by atoms with Crippen LogP contribution >= 0.6 is 0 Å². The molecule has 1 aromatic carbocycles.